The minimum absolute atomic E-state index is 0.423. The second-order valence-electron chi connectivity index (χ2n) is 4.31. The molecule has 0 fully saturated rings. The van der Waals surface area contributed by atoms with Crippen molar-refractivity contribution >= 4 is 17.1 Å². The largest absolute Gasteiger partial charge is 0.477 e. The summed E-state index contributed by atoms with van der Waals surface area (Å²) in [6, 6.07) is 1.96. The van der Waals surface area contributed by atoms with E-state index in [1.807, 2.05) is 6.07 Å². The van der Waals surface area contributed by atoms with E-state index in [4.69, 9.17) is 10.00 Å². The number of nitrogens with zero attached hydrogens (tertiary/aromatic N) is 3. The average molecular weight is 242 g/mol. The maximum atomic E-state index is 8.57. The van der Waals surface area contributed by atoms with E-state index in [-0.39, 0.29) is 0 Å². The van der Waals surface area contributed by atoms with E-state index in [2.05, 4.69) is 28.8 Å². The molecule has 1 N–H and O–H groups in total. The van der Waals surface area contributed by atoms with Crippen molar-refractivity contribution in [1.82, 2.24) is 15.0 Å². The van der Waals surface area contributed by atoms with Crippen molar-refractivity contribution in [2.24, 2.45) is 5.92 Å². The molecular formula is C13H14N4O. The van der Waals surface area contributed by atoms with Crippen LogP contribution in [0.1, 0.15) is 19.4 Å². The molecule has 2 rings (SSSR count). The summed E-state index contributed by atoms with van der Waals surface area (Å²) < 4.78 is 5.67. The fourth-order valence-corrected chi connectivity index (χ4v) is 1.57. The van der Waals surface area contributed by atoms with Gasteiger partial charge in [-0.05, 0) is 12.0 Å². The molecule has 18 heavy (non-hydrogen) atoms. The van der Waals surface area contributed by atoms with Crippen LogP contribution < -0.4 is 4.74 Å². The molecule has 0 saturated carbocycles. The van der Waals surface area contributed by atoms with Gasteiger partial charge in [-0.25, -0.2) is 9.97 Å². The fourth-order valence-electron chi connectivity index (χ4n) is 1.57. The van der Waals surface area contributed by atoms with Gasteiger partial charge in [0.1, 0.15) is 12.0 Å². The molecule has 0 atom stereocenters. The summed E-state index contributed by atoms with van der Waals surface area (Å²) in [5.74, 6) is 0.972. The molecule has 2 aromatic rings. The van der Waals surface area contributed by atoms with Gasteiger partial charge in [0.15, 0.2) is 0 Å². The lowest BCUT2D eigenvalue weighted by molar-refractivity contribution is 0.264. The van der Waals surface area contributed by atoms with E-state index in [1.165, 1.54) is 12.4 Å². The van der Waals surface area contributed by atoms with Gasteiger partial charge in [-0.2, -0.15) is 5.26 Å². The van der Waals surface area contributed by atoms with Crippen molar-refractivity contribution in [2.45, 2.75) is 13.8 Å². The highest BCUT2D eigenvalue weighted by Crippen LogP contribution is 2.26. The SMILES string of the molecule is CC(C)COc1ncnc2[nH]cc(/C=C/C#N)c12. The van der Waals surface area contributed by atoms with Crippen LogP contribution in [0.5, 0.6) is 5.88 Å². The van der Waals surface area contributed by atoms with Crippen molar-refractivity contribution in [2.75, 3.05) is 6.61 Å². The normalized spacial score (nSPS) is 11.2. The quantitative estimate of drug-likeness (QED) is 0.836. The minimum atomic E-state index is 0.423. The molecule has 2 aromatic heterocycles. The number of nitrogens with one attached hydrogen (secondary N) is 1. The van der Waals surface area contributed by atoms with Gasteiger partial charge in [0.2, 0.25) is 5.88 Å². The van der Waals surface area contributed by atoms with Gasteiger partial charge >= 0.3 is 0 Å². The molecule has 0 radical (unpaired) electrons. The van der Waals surface area contributed by atoms with Crippen LogP contribution >= 0.6 is 0 Å². The van der Waals surface area contributed by atoms with E-state index >= 15 is 0 Å². The first kappa shape index (κ1) is 12.1. The molecule has 5 nitrogen and oxygen atoms in total. The molecule has 0 saturated heterocycles. The Kier molecular flexibility index (Phi) is 3.58. The first-order valence-corrected chi connectivity index (χ1v) is 5.73. The summed E-state index contributed by atoms with van der Waals surface area (Å²) in [4.78, 5) is 11.3. The third kappa shape index (κ3) is 2.48. The molecule has 2 heterocycles. The lowest BCUT2D eigenvalue weighted by Crippen LogP contribution is -2.06. The highest BCUT2D eigenvalue weighted by molar-refractivity contribution is 5.90. The minimum Gasteiger partial charge on any atom is -0.477 e. The van der Waals surface area contributed by atoms with E-state index < -0.39 is 0 Å². The second kappa shape index (κ2) is 5.32. The van der Waals surface area contributed by atoms with Gasteiger partial charge in [0.05, 0.1) is 18.1 Å². The van der Waals surface area contributed by atoms with Gasteiger partial charge in [-0.1, -0.05) is 13.8 Å². The summed E-state index contributed by atoms with van der Waals surface area (Å²) in [6.07, 6.45) is 6.38. The monoisotopic (exact) mass is 242 g/mol. The summed E-state index contributed by atoms with van der Waals surface area (Å²) in [6.45, 7) is 4.75. The number of aromatic nitrogens is 3. The first-order chi connectivity index (χ1) is 8.72. The number of fused-ring (bicyclic) bond motifs is 1. The smallest absolute Gasteiger partial charge is 0.226 e. The molecule has 0 aliphatic carbocycles. The van der Waals surface area contributed by atoms with Crippen LogP contribution in [-0.4, -0.2) is 21.6 Å². The van der Waals surface area contributed by atoms with Crippen molar-refractivity contribution in [3.05, 3.63) is 24.2 Å². The summed E-state index contributed by atoms with van der Waals surface area (Å²) >= 11 is 0. The molecule has 5 heteroatoms. The molecule has 0 aliphatic rings. The predicted molar refractivity (Wildman–Crippen MR) is 68.9 cm³/mol. The standard InChI is InChI=1S/C13H14N4O/c1-9(2)7-18-13-11-10(4-3-5-14)6-15-12(11)16-8-17-13/h3-4,6,8-9H,7H2,1-2H3,(H,15,16,17)/b4-3+. The zero-order valence-corrected chi connectivity index (χ0v) is 10.3. The zero-order valence-electron chi connectivity index (χ0n) is 10.3. The van der Waals surface area contributed by atoms with Crippen molar-refractivity contribution in [3.8, 4) is 11.9 Å². The van der Waals surface area contributed by atoms with E-state index in [0.29, 0.717) is 24.1 Å². The maximum absolute atomic E-state index is 8.57. The number of allylic oxidation sites excluding steroid dienone is 1. The highest BCUT2D eigenvalue weighted by Gasteiger charge is 2.10. The number of H-pyrrole nitrogens is 1. The van der Waals surface area contributed by atoms with Gasteiger partial charge in [-0.15, -0.1) is 0 Å². The Labute approximate surface area is 105 Å². The lowest BCUT2D eigenvalue weighted by Gasteiger charge is -2.08. The summed E-state index contributed by atoms with van der Waals surface area (Å²) in [5.41, 5.74) is 1.56. The van der Waals surface area contributed by atoms with Crippen LogP contribution in [0.4, 0.5) is 0 Å². The van der Waals surface area contributed by atoms with Gasteiger partial charge in [-0.3, -0.25) is 0 Å². The number of ether oxygens (including phenoxy) is 1. The number of hydrogen-bond donors (Lipinski definition) is 1. The van der Waals surface area contributed by atoms with Crippen LogP contribution in [0.25, 0.3) is 17.1 Å². The Morgan fingerprint density at radius 3 is 3.06 bits per heavy atom. The van der Waals surface area contributed by atoms with Crippen molar-refractivity contribution < 1.29 is 4.74 Å². The maximum Gasteiger partial charge on any atom is 0.226 e. The van der Waals surface area contributed by atoms with E-state index in [1.54, 1.807) is 12.3 Å². The molecule has 0 aromatic carbocycles. The summed E-state index contributed by atoms with van der Waals surface area (Å²) in [5, 5.41) is 9.38. The lowest BCUT2D eigenvalue weighted by atomic mass is 10.2. The van der Waals surface area contributed by atoms with Gasteiger partial charge in [0.25, 0.3) is 0 Å². The predicted octanol–water partition coefficient (Wildman–Crippen LogP) is 2.53. The van der Waals surface area contributed by atoms with E-state index in [0.717, 1.165) is 10.9 Å². The fraction of sp³-hybridized carbons (Fsp3) is 0.308. The first-order valence-electron chi connectivity index (χ1n) is 5.73. The van der Waals surface area contributed by atoms with Crippen LogP contribution in [0.15, 0.2) is 18.6 Å². The van der Waals surface area contributed by atoms with Crippen molar-refractivity contribution in [3.63, 3.8) is 0 Å². The van der Waals surface area contributed by atoms with Crippen LogP contribution in [-0.2, 0) is 0 Å². The Morgan fingerprint density at radius 1 is 1.50 bits per heavy atom. The molecular weight excluding hydrogens is 228 g/mol. The summed E-state index contributed by atoms with van der Waals surface area (Å²) in [7, 11) is 0. The van der Waals surface area contributed by atoms with Crippen LogP contribution in [0.2, 0.25) is 0 Å². The van der Waals surface area contributed by atoms with Gasteiger partial charge in [0, 0.05) is 17.8 Å². The van der Waals surface area contributed by atoms with Gasteiger partial charge < -0.3 is 9.72 Å². The number of hydrogen-bond acceptors (Lipinski definition) is 4. The Hall–Kier alpha value is -2.35. The molecule has 0 amide bonds. The third-order valence-electron chi connectivity index (χ3n) is 2.36. The van der Waals surface area contributed by atoms with E-state index in [9.17, 15) is 0 Å². The van der Waals surface area contributed by atoms with Crippen molar-refractivity contribution in [1.29, 1.82) is 5.26 Å². The Bertz CT molecular complexity index is 607. The number of aromatic amines is 1. The van der Waals surface area contributed by atoms with Crippen LogP contribution in [0, 0.1) is 17.2 Å². The second-order valence-corrected chi connectivity index (χ2v) is 4.31. The molecule has 0 unspecified atom stereocenters. The third-order valence-corrected chi connectivity index (χ3v) is 2.36. The molecule has 0 bridgehead atoms. The molecule has 0 spiro atoms. The Morgan fingerprint density at radius 2 is 2.33 bits per heavy atom. The van der Waals surface area contributed by atoms with Crippen LogP contribution in [0.3, 0.4) is 0 Å². The Balaban J connectivity index is 2.42. The topological polar surface area (TPSA) is 74.6 Å². The average Bonchev–Trinajstić information content (AvgIpc) is 2.77. The molecule has 0 aliphatic heterocycles. The highest BCUT2D eigenvalue weighted by atomic mass is 16.5. The number of nitriles is 1. The number of rotatable bonds is 4. The molecule has 92 valence electrons. The zero-order chi connectivity index (χ0) is 13.0.